The van der Waals surface area contributed by atoms with Crippen molar-refractivity contribution >= 4 is 6.09 Å². The second-order valence-electron chi connectivity index (χ2n) is 5.58. The maximum absolute atomic E-state index is 11.7. The van der Waals surface area contributed by atoms with Crippen molar-refractivity contribution in [1.29, 1.82) is 0 Å². The van der Waals surface area contributed by atoms with E-state index in [1.807, 2.05) is 27.0 Å². The summed E-state index contributed by atoms with van der Waals surface area (Å²) in [5.74, 6) is 0. The summed E-state index contributed by atoms with van der Waals surface area (Å²) in [4.78, 5) is 19.9. The van der Waals surface area contributed by atoms with Crippen LogP contribution in [0.15, 0.2) is 12.5 Å². The highest BCUT2D eigenvalue weighted by atomic mass is 16.6. The van der Waals surface area contributed by atoms with Crippen molar-refractivity contribution in [2.24, 2.45) is 0 Å². The monoisotopic (exact) mass is 249 g/mol. The predicted molar refractivity (Wildman–Crippen MR) is 67.2 cm³/mol. The molecule has 98 valence electrons. The topological polar surface area (TPSA) is 64.1 Å². The summed E-state index contributed by atoms with van der Waals surface area (Å²) < 4.78 is 5.25. The Bertz CT molecular complexity index is 440. The highest BCUT2D eigenvalue weighted by Gasteiger charge is 2.23. The minimum absolute atomic E-state index is 0.110. The fraction of sp³-hybridized carbons (Fsp3) is 0.615. The van der Waals surface area contributed by atoms with E-state index in [1.165, 1.54) is 0 Å². The van der Waals surface area contributed by atoms with Crippen LogP contribution in [0, 0.1) is 0 Å². The molecule has 0 saturated carbocycles. The molecule has 0 aliphatic heterocycles. The summed E-state index contributed by atoms with van der Waals surface area (Å²) in [7, 11) is 0. The number of hydrogen-bond donors (Lipinski definition) is 1. The Kier molecular flexibility index (Phi) is 3.50. The molecule has 1 atom stereocenters. The molecule has 0 bridgehead atoms. The lowest BCUT2D eigenvalue weighted by Crippen LogP contribution is -2.42. The smallest absolute Gasteiger partial charge is 0.407 e. The van der Waals surface area contributed by atoms with Crippen LogP contribution in [0.1, 0.15) is 38.4 Å². The lowest BCUT2D eigenvalue weighted by Gasteiger charge is -2.26. The van der Waals surface area contributed by atoms with Crippen molar-refractivity contribution in [2.75, 3.05) is 0 Å². The first-order valence-corrected chi connectivity index (χ1v) is 6.21. The van der Waals surface area contributed by atoms with E-state index in [4.69, 9.17) is 4.74 Å². The number of carbonyl (C=O) groups excluding carboxylic acids is 1. The molecule has 1 heterocycles. The molecular weight excluding hydrogens is 230 g/mol. The maximum atomic E-state index is 11.7. The zero-order valence-corrected chi connectivity index (χ0v) is 11.1. The summed E-state index contributed by atoms with van der Waals surface area (Å²) in [6.07, 6.45) is 5.58. The average Bonchev–Trinajstić information content (AvgIpc) is 2.26. The first-order chi connectivity index (χ1) is 8.44. The summed E-state index contributed by atoms with van der Waals surface area (Å²) >= 11 is 0. The van der Waals surface area contributed by atoms with Gasteiger partial charge in [-0.3, -0.25) is 0 Å². The Morgan fingerprint density at radius 3 is 3.00 bits per heavy atom. The summed E-state index contributed by atoms with van der Waals surface area (Å²) in [5.41, 5.74) is 1.75. The highest BCUT2D eigenvalue weighted by molar-refractivity contribution is 5.68. The first-order valence-electron chi connectivity index (χ1n) is 6.21. The standard InChI is InChI=1S/C13H19N3O2/c1-13(2,3)18-12(17)16-10-4-5-11-9(6-10)7-14-8-15-11/h7-8,10H,4-6H2,1-3H3,(H,16,17). The molecule has 1 amide bonds. The largest absolute Gasteiger partial charge is 0.444 e. The van der Waals surface area contributed by atoms with E-state index in [0.717, 1.165) is 30.5 Å². The van der Waals surface area contributed by atoms with Crippen LogP contribution in [-0.2, 0) is 17.6 Å². The number of nitrogens with one attached hydrogen (secondary N) is 1. The van der Waals surface area contributed by atoms with Crippen LogP contribution >= 0.6 is 0 Å². The van der Waals surface area contributed by atoms with E-state index in [9.17, 15) is 4.79 Å². The van der Waals surface area contributed by atoms with Crippen molar-refractivity contribution in [3.8, 4) is 0 Å². The summed E-state index contributed by atoms with van der Waals surface area (Å²) in [6, 6.07) is 0.110. The molecule has 18 heavy (non-hydrogen) atoms. The van der Waals surface area contributed by atoms with Crippen molar-refractivity contribution in [1.82, 2.24) is 15.3 Å². The van der Waals surface area contributed by atoms with E-state index in [0.29, 0.717) is 0 Å². The van der Waals surface area contributed by atoms with Gasteiger partial charge in [-0.15, -0.1) is 0 Å². The van der Waals surface area contributed by atoms with Gasteiger partial charge in [-0.1, -0.05) is 0 Å². The minimum Gasteiger partial charge on any atom is -0.444 e. The van der Waals surface area contributed by atoms with Crippen LogP contribution in [0.3, 0.4) is 0 Å². The SMILES string of the molecule is CC(C)(C)OC(=O)NC1CCc2ncncc2C1. The van der Waals surface area contributed by atoms with Gasteiger partial charge < -0.3 is 10.1 Å². The number of alkyl carbamates (subject to hydrolysis) is 1. The minimum atomic E-state index is -0.459. The molecule has 0 radical (unpaired) electrons. The van der Waals surface area contributed by atoms with Gasteiger partial charge in [0.25, 0.3) is 0 Å². The zero-order chi connectivity index (χ0) is 13.2. The Hall–Kier alpha value is -1.65. The molecule has 0 aromatic carbocycles. The third-order valence-electron chi connectivity index (χ3n) is 2.80. The quantitative estimate of drug-likeness (QED) is 0.825. The molecule has 5 nitrogen and oxygen atoms in total. The molecule has 1 aromatic heterocycles. The van der Waals surface area contributed by atoms with Crippen LogP contribution in [0.4, 0.5) is 4.79 Å². The number of aryl methyl sites for hydroxylation is 1. The molecule has 0 fully saturated rings. The van der Waals surface area contributed by atoms with Crippen LogP contribution in [0.25, 0.3) is 0 Å². The molecular formula is C13H19N3O2. The second kappa shape index (κ2) is 4.92. The molecule has 0 saturated heterocycles. The van der Waals surface area contributed by atoms with Gasteiger partial charge >= 0.3 is 6.09 Å². The van der Waals surface area contributed by atoms with Crippen LogP contribution < -0.4 is 5.32 Å². The molecule has 5 heteroatoms. The fourth-order valence-electron chi connectivity index (χ4n) is 2.06. The molecule has 1 aromatic rings. The van der Waals surface area contributed by atoms with Gasteiger partial charge in [-0.2, -0.15) is 0 Å². The van der Waals surface area contributed by atoms with Crippen molar-refractivity contribution in [3.63, 3.8) is 0 Å². The summed E-state index contributed by atoms with van der Waals surface area (Å²) in [6.45, 7) is 5.57. The van der Waals surface area contributed by atoms with Gasteiger partial charge in [-0.25, -0.2) is 14.8 Å². The number of rotatable bonds is 1. The Balaban J connectivity index is 1.92. The molecule has 1 aliphatic carbocycles. The van der Waals surface area contributed by atoms with Gasteiger partial charge in [-0.05, 0) is 45.6 Å². The van der Waals surface area contributed by atoms with Crippen molar-refractivity contribution in [3.05, 3.63) is 23.8 Å². The van der Waals surface area contributed by atoms with Crippen molar-refractivity contribution < 1.29 is 9.53 Å². The molecule has 1 unspecified atom stereocenters. The van der Waals surface area contributed by atoms with Gasteiger partial charge in [0.05, 0.1) is 0 Å². The Labute approximate surface area is 107 Å². The number of hydrogen-bond acceptors (Lipinski definition) is 4. The number of nitrogens with zero attached hydrogens (tertiary/aromatic N) is 2. The number of ether oxygens (including phenoxy) is 1. The van der Waals surface area contributed by atoms with E-state index in [1.54, 1.807) is 6.33 Å². The highest BCUT2D eigenvalue weighted by Crippen LogP contribution is 2.18. The predicted octanol–water partition coefficient (Wildman–Crippen LogP) is 1.86. The van der Waals surface area contributed by atoms with Gasteiger partial charge in [0, 0.05) is 17.9 Å². The second-order valence-corrected chi connectivity index (χ2v) is 5.58. The Morgan fingerprint density at radius 2 is 2.28 bits per heavy atom. The van der Waals surface area contributed by atoms with Crippen LogP contribution in [-0.4, -0.2) is 27.7 Å². The molecule has 2 rings (SSSR count). The lowest BCUT2D eigenvalue weighted by molar-refractivity contribution is 0.0500. The van der Waals surface area contributed by atoms with E-state index in [2.05, 4.69) is 15.3 Å². The van der Waals surface area contributed by atoms with Gasteiger partial charge in [0.15, 0.2) is 0 Å². The molecule has 1 N–H and O–H groups in total. The van der Waals surface area contributed by atoms with E-state index >= 15 is 0 Å². The number of carbonyl (C=O) groups is 1. The fourth-order valence-corrected chi connectivity index (χ4v) is 2.06. The Morgan fingerprint density at radius 1 is 1.50 bits per heavy atom. The van der Waals surface area contributed by atoms with Crippen molar-refractivity contribution in [2.45, 2.75) is 51.7 Å². The zero-order valence-electron chi connectivity index (χ0n) is 11.1. The number of fused-ring (bicyclic) bond motifs is 1. The molecule has 1 aliphatic rings. The molecule has 0 spiro atoms. The first kappa shape index (κ1) is 12.8. The van der Waals surface area contributed by atoms with E-state index < -0.39 is 5.60 Å². The van der Waals surface area contributed by atoms with Gasteiger partial charge in [0.1, 0.15) is 11.9 Å². The van der Waals surface area contributed by atoms with Gasteiger partial charge in [0.2, 0.25) is 0 Å². The number of aromatic nitrogens is 2. The van der Waals surface area contributed by atoms with Crippen LogP contribution in [0.2, 0.25) is 0 Å². The third kappa shape index (κ3) is 3.42. The lowest BCUT2D eigenvalue weighted by atomic mass is 9.93. The maximum Gasteiger partial charge on any atom is 0.407 e. The van der Waals surface area contributed by atoms with E-state index in [-0.39, 0.29) is 12.1 Å². The van der Waals surface area contributed by atoms with Crippen LogP contribution in [0.5, 0.6) is 0 Å². The number of amides is 1. The third-order valence-corrected chi connectivity index (χ3v) is 2.80. The average molecular weight is 249 g/mol. The normalized spacial score (nSPS) is 18.9. The summed E-state index contributed by atoms with van der Waals surface area (Å²) in [5, 5.41) is 2.90.